The molecule has 2 heteroatoms. The van der Waals surface area contributed by atoms with Crippen LogP contribution in [0.5, 0.6) is 0 Å². The molecule has 2 aliphatic rings. The molecule has 1 saturated heterocycles. The van der Waals surface area contributed by atoms with E-state index in [1.165, 1.54) is 38.8 Å². The van der Waals surface area contributed by atoms with Crippen molar-refractivity contribution in [3.8, 4) is 0 Å². The first-order valence-electron chi connectivity index (χ1n) is 5.50. The summed E-state index contributed by atoms with van der Waals surface area (Å²) in [6, 6.07) is 0. The van der Waals surface area contributed by atoms with Gasteiger partial charge >= 0.3 is 0 Å². The van der Waals surface area contributed by atoms with Crippen LogP contribution < -0.4 is 5.32 Å². The van der Waals surface area contributed by atoms with E-state index < -0.39 is 0 Å². The van der Waals surface area contributed by atoms with Crippen molar-refractivity contribution in [2.75, 3.05) is 20.1 Å². The lowest BCUT2D eigenvalue weighted by molar-refractivity contribution is 0.0423. The van der Waals surface area contributed by atoms with Gasteiger partial charge in [-0.2, -0.15) is 0 Å². The lowest BCUT2D eigenvalue weighted by atomic mass is 9.88. The fourth-order valence-corrected chi connectivity index (χ4v) is 2.95. The molecule has 2 nitrogen and oxygen atoms in total. The van der Waals surface area contributed by atoms with E-state index in [-0.39, 0.29) is 0 Å². The Balaban J connectivity index is 2.08. The van der Waals surface area contributed by atoms with Crippen LogP contribution in [0.4, 0.5) is 0 Å². The third kappa shape index (κ3) is 1.62. The summed E-state index contributed by atoms with van der Waals surface area (Å²) in [4.78, 5) is 2.59. The van der Waals surface area contributed by atoms with Crippen LogP contribution in [0.15, 0.2) is 0 Å². The fourth-order valence-electron chi connectivity index (χ4n) is 2.95. The maximum atomic E-state index is 3.68. The number of piperazine rings is 1. The number of rotatable bonds is 0. The first-order chi connectivity index (χ1) is 6.04. The van der Waals surface area contributed by atoms with Crippen LogP contribution in [0.3, 0.4) is 0 Å². The van der Waals surface area contributed by atoms with E-state index in [0.717, 1.165) is 0 Å². The van der Waals surface area contributed by atoms with E-state index in [9.17, 15) is 0 Å². The van der Waals surface area contributed by atoms with Gasteiger partial charge in [0.25, 0.3) is 0 Å². The third-order valence-corrected chi connectivity index (χ3v) is 3.87. The lowest BCUT2D eigenvalue weighted by Crippen LogP contribution is -2.66. The number of hydrogen-bond donors (Lipinski definition) is 1. The summed E-state index contributed by atoms with van der Waals surface area (Å²) in [5, 5.41) is 3.68. The van der Waals surface area contributed by atoms with Gasteiger partial charge in [-0.3, -0.25) is 4.90 Å². The molecule has 1 aliphatic heterocycles. The van der Waals surface area contributed by atoms with Gasteiger partial charge in [0.15, 0.2) is 0 Å². The minimum Gasteiger partial charge on any atom is -0.309 e. The molecular weight excluding hydrogens is 160 g/mol. The minimum absolute atomic E-state index is 0.308. The van der Waals surface area contributed by atoms with Crippen molar-refractivity contribution in [2.24, 2.45) is 0 Å². The monoisotopic (exact) mass is 182 g/mol. The van der Waals surface area contributed by atoms with Gasteiger partial charge in [-0.25, -0.2) is 0 Å². The zero-order chi connectivity index (χ0) is 9.53. The third-order valence-electron chi connectivity index (χ3n) is 3.87. The quantitative estimate of drug-likeness (QED) is 0.612. The maximum absolute atomic E-state index is 3.68. The first-order valence-corrected chi connectivity index (χ1v) is 5.50. The summed E-state index contributed by atoms with van der Waals surface area (Å²) in [5.74, 6) is 0. The molecule has 0 atom stereocenters. The van der Waals surface area contributed by atoms with Gasteiger partial charge in [-0.1, -0.05) is 12.8 Å². The highest BCUT2D eigenvalue weighted by molar-refractivity contribution is 5.03. The lowest BCUT2D eigenvalue weighted by Gasteiger charge is -2.49. The number of nitrogens with one attached hydrogen (secondary N) is 1. The van der Waals surface area contributed by atoms with E-state index in [0.29, 0.717) is 11.1 Å². The molecular formula is C11H22N2. The van der Waals surface area contributed by atoms with Gasteiger partial charge in [0.05, 0.1) is 0 Å². The van der Waals surface area contributed by atoms with Gasteiger partial charge < -0.3 is 5.32 Å². The second kappa shape index (κ2) is 2.96. The van der Waals surface area contributed by atoms with Crippen LogP contribution in [-0.2, 0) is 0 Å². The molecule has 0 aromatic heterocycles. The largest absolute Gasteiger partial charge is 0.309 e. The van der Waals surface area contributed by atoms with Gasteiger partial charge in [-0.15, -0.1) is 0 Å². The molecule has 13 heavy (non-hydrogen) atoms. The Morgan fingerprint density at radius 3 is 2.31 bits per heavy atom. The highest BCUT2D eigenvalue weighted by atomic mass is 15.3. The van der Waals surface area contributed by atoms with Crippen LogP contribution >= 0.6 is 0 Å². The zero-order valence-corrected chi connectivity index (χ0v) is 9.19. The Kier molecular flexibility index (Phi) is 2.16. The SMILES string of the molecule is CN1CC(C)(C)NCC12CCCC2. The fraction of sp³-hybridized carbons (Fsp3) is 1.00. The summed E-state index contributed by atoms with van der Waals surface area (Å²) >= 11 is 0. The molecule has 0 aromatic rings. The Bertz CT molecular complexity index is 192. The van der Waals surface area contributed by atoms with E-state index in [1.807, 2.05) is 0 Å². The van der Waals surface area contributed by atoms with E-state index in [4.69, 9.17) is 0 Å². The van der Waals surface area contributed by atoms with Crippen molar-refractivity contribution in [2.45, 2.75) is 50.6 Å². The molecule has 0 aromatic carbocycles. The van der Waals surface area contributed by atoms with Crippen molar-refractivity contribution < 1.29 is 0 Å². The molecule has 1 heterocycles. The molecule has 0 amide bonds. The first kappa shape index (κ1) is 9.47. The van der Waals surface area contributed by atoms with Crippen molar-refractivity contribution in [1.29, 1.82) is 0 Å². The molecule has 1 N–H and O–H groups in total. The molecule has 1 spiro atoms. The van der Waals surface area contributed by atoms with Crippen LogP contribution in [-0.4, -0.2) is 36.1 Å². The topological polar surface area (TPSA) is 15.3 Å². The van der Waals surface area contributed by atoms with Crippen LogP contribution in [0.1, 0.15) is 39.5 Å². The highest BCUT2D eigenvalue weighted by Gasteiger charge is 2.43. The molecule has 2 fully saturated rings. The van der Waals surface area contributed by atoms with Crippen LogP contribution in [0.25, 0.3) is 0 Å². The number of nitrogens with zero attached hydrogens (tertiary/aromatic N) is 1. The Labute approximate surface area is 81.7 Å². The van der Waals surface area contributed by atoms with E-state index in [2.05, 4.69) is 31.1 Å². The molecule has 0 unspecified atom stereocenters. The predicted molar refractivity (Wildman–Crippen MR) is 55.9 cm³/mol. The van der Waals surface area contributed by atoms with Crippen molar-refractivity contribution >= 4 is 0 Å². The number of likely N-dealkylation sites (N-methyl/N-ethyl adjacent to an activating group) is 1. The smallest absolute Gasteiger partial charge is 0.0331 e. The summed E-state index contributed by atoms with van der Waals surface area (Å²) in [5.41, 5.74) is 0.818. The summed E-state index contributed by atoms with van der Waals surface area (Å²) < 4.78 is 0. The molecule has 76 valence electrons. The summed E-state index contributed by atoms with van der Waals surface area (Å²) in [6.07, 6.45) is 5.64. The minimum atomic E-state index is 0.308. The second-order valence-corrected chi connectivity index (χ2v) is 5.52. The molecule has 2 rings (SSSR count). The predicted octanol–water partition coefficient (Wildman–Crippen LogP) is 1.61. The average Bonchev–Trinajstić information content (AvgIpc) is 2.47. The second-order valence-electron chi connectivity index (χ2n) is 5.52. The zero-order valence-electron chi connectivity index (χ0n) is 9.19. The van der Waals surface area contributed by atoms with Crippen molar-refractivity contribution in [3.63, 3.8) is 0 Å². The standard InChI is InChI=1S/C11H22N2/c1-10(2)9-13(3)11(8-12-10)6-4-5-7-11/h12H,4-9H2,1-3H3. The average molecular weight is 182 g/mol. The number of hydrogen-bond acceptors (Lipinski definition) is 2. The maximum Gasteiger partial charge on any atom is 0.0331 e. The molecule has 1 saturated carbocycles. The van der Waals surface area contributed by atoms with Crippen LogP contribution in [0, 0.1) is 0 Å². The van der Waals surface area contributed by atoms with Crippen molar-refractivity contribution in [3.05, 3.63) is 0 Å². The van der Waals surface area contributed by atoms with Gasteiger partial charge in [0.2, 0.25) is 0 Å². The Morgan fingerprint density at radius 2 is 1.77 bits per heavy atom. The van der Waals surface area contributed by atoms with Gasteiger partial charge in [0, 0.05) is 24.2 Å². The van der Waals surface area contributed by atoms with E-state index >= 15 is 0 Å². The van der Waals surface area contributed by atoms with Gasteiger partial charge in [0.1, 0.15) is 0 Å². The van der Waals surface area contributed by atoms with E-state index in [1.54, 1.807) is 0 Å². The summed E-state index contributed by atoms with van der Waals surface area (Å²) in [6.45, 7) is 6.97. The Morgan fingerprint density at radius 1 is 1.15 bits per heavy atom. The normalized spacial score (nSPS) is 32.5. The van der Waals surface area contributed by atoms with Crippen LogP contribution in [0.2, 0.25) is 0 Å². The summed E-state index contributed by atoms with van der Waals surface area (Å²) in [7, 11) is 2.30. The highest BCUT2D eigenvalue weighted by Crippen LogP contribution is 2.37. The van der Waals surface area contributed by atoms with Crippen molar-refractivity contribution in [1.82, 2.24) is 10.2 Å². The molecule has 0 bridgehead atoms. The Hall–Kier alpha value is -0.0800. The molecule has 0 radical (unpaired) electrons. The molecule has 1 aliphatic carbocycles. The van der Waals surface area contributed by atoms with Gasteiger partial charge in [-0.05, 0) is 33.7 Å².